The Morgan fingerprint density at radius 2 is 1.62 bits per heavy atom. The number of hydrogen-bond acceptors (Lipinski definition) is 1. The van der Waals surface area contributed by atoms with Gasteiger partial charge in [-0.15, -0.1) is 0 Å². The predicted octanol–water partition coefficient (Wildman–Crippen LogP) is 3.75. The molecule has 2 N–H and O–H groups in total. The molecule has 0 bridgehead atoms. The molecular formula is C12H10F3N. The third-order valence-electron chi connectivity index (χ3n) is 2.60. The first kappa shape index (κ1) is 10.8. The van der Waals surface area contributed by atoms with E-state index >= 15 is 0 Å². The van der Waals surface area contributed by atoms with Gasteiger partial charge >= 0.3 is 6.18 Å². The Hall–Kier alpha value is -1.71. The Morgan fingerprint density at radius 1 is 1.06 bits per heavy atom. The first-order valence-corrected chi connectivity index (χ1v) is 4.76. The van der Waals surface area contributed by atoms with Crippen LogP contribution in [0.25, 0.3) is 10.8 Å². The van der Waals surface area contributed by atoms with E-state index in [0.29, 0.717) is 16.6 Å². The minimum atomic E-state index is -4.35. The molecule has 0 aliphatic heterocycles. The molecule has 0 saturated heterocycles. The SMILES string of the molecule is Cc1cc(C(F)(F)F)c2ccccc2c1N. The van der Waals surface area contributed by atoms with Crippen molar-refractivity contribution in [1.29, 1.82) is 0 Å². The van der Waals surface area contributed by atoms with Gasteiger partial charge in [0.1, 0.15) is 0 Å². The van der Waals surface area contributed by atoms with Crippen molar-refractivity contribution in [2.24, 2.45) is 0 Å². The van der Waals surface area contributed by atoms with Crippen LogP contribution in [0.15, 0.2) is 30.3 Å². The summed E-state index contributed by atoms with van der Waals surface area (Å²) in [6.07, 6.45) is -4.35. The molecule has 0 aliphatic rings. The van der Waals surface area contributed by atoms with E-state index in [1.165, 1.54) is 6.07 Å². The maximum Gasteiger partial charge on any atom is 0.417 e. The Kier molecular flexibility index (Phi) is 2.30. The number of nitrogens with two attached hydrogens (primary N) is 1. The van der Waals surface area contributed by atoms with Crippen LogP contribution in [0.3, 0.4) is 0 Å². The lowest BCUT2D eigenvalue weighted by atomic mass is 9.99. The van der Waals surface area contributed by atoms with Crippen LogP contribution < -0.4 is 5.73 Å². The molecule has 84 valence electrons. The van der Waals surface area contributed by atoms with Crippen LogP contribution in [0.5, 0.6) is 0 Å². The first-order chi connectivity index (χ1) is 7.41. The molecule has 0 spiro atoms. The van der Waals surface area contributed by atoms with Gasteiger partial charge in [0.05, 0.1) is 5.56 Å². The van der Waals surface area contributed by atoms with Gasteiger partial charge in [-0.2, -0.15) is 13.2 Å². The zero-order chi connectivity index (χ0) is 11.9. The summed E-state index contributed by atoms with van der Waals surface area (Å²) in [5, 5.41) is 0.605. The molecule has 0 unspecified atom stereocenters. The van der Waals surface area contributed by atoms with Gasteiger partial charge < -0.3 is 5.73 Å². The highest BCUT2D eigenvalue weighted by molar-refractivity contribution is 5.96. The van der Waals surface area contributed by atoms with E-state index in [2.05, 4.69) is 0 Å². The molecule has 0 aromatic heterocycles. The fraction of sp³-hybridized carbons (Fsp3) is 0.167. The van der Waals surface area contributed by atoms with Crippen molar-refractivity contribution in [3.63, 3.8) is 0 Å². The summed E-state index contributed by atoms with van der Waals surface area (Å²) in [5.41, 5.74) is 5.99. The smallest absolute Gasteiger partial charge is 0.398 e. The molecule has 2 aromatic rings. The molecule has 1 nitrogen and oxygen atoms in total. The van der Waals surface area contributed by atoms with Crippen molar-refractivity contribution in [2.45, 2.75) is 13.1 Å². The summed E-state index contributed by atoms with van der Waals surface area (Å²) < 4.78 is 38.4. The maximum absolute atomic E-state index is 12.8. The minimum Gasteiger partial charge on any atom is -0.398 e. The number of rotatable bonds is 0. The van der Waals surface area contributed by atoms with Crippen molar-refractivity contribution in [2.75, 3.05) is 5.73 Å². The van der Waals surface area contributed by atoms with Gasteiger partial charge in [-0.05, 0) is 23.9 Å². The van der Waals surface area contributed by atoms with Crippen LogP contribution in [0.4, 0.5) is 18.9 Å². The van der Waals surface area contributed by atoms with Crippen molar-refractivity contribution in [3.05, 3.63) is 41.5 Å². The quantitative estimate of drug-likeness (QED) is 0.679. The summed E-state index contributed by atoms with van der Waals surface area (Å²) in [5.74, 6) is 0. The number of halogens is 3. The summed E-state index contributed by atoms with van der Waals surface area (Å²) in [7, 11) is 0. The lowest BCUT2D eigenvalue weighted by Gasteiger charge is -2.13. The lowest BCUT2D eigenvalue weighted by Crippen LogP contribution is -2.07. The number of nitrogen functional groups attached to an aromatic ring is 1. The highest BCUT2D eigenvalue weighted by atomic mass is 19.4. The number of anilines is 1. The van der Waals surface area contributed by atoms with Gasteiger partial charge in [0.2, 0.25) is 0 Å². The predicted molar refractivity (Wildman–Crippen MR) is 58.1 cm³/mol. The maximum atomic E-state index is 12.8. The second kappa shape index (κ2) is 3.40. The largest absolute Gasteiger partial charge is 0.417 e. The topological polar surface area (TPSA) is 26.0 Å². The monoisotopic (exact) mass is 225 g/mol. The van der Waals surface area contributed by atoms with E-state index in [4.69, 9.17) is 5.73 Å². The van der Waals surface area contributed by atoms with Crippen molar-refractivity contribution >= 4 is 16.5 Å². The van der Waals surface area contributed by atoms with Crippen LogP contribution >= 0.6 is 0 Å². The van der Waals surface area contributed by atoms with Crippen LogP contribution in [-0.4, -0.2) is 0 Å². The van der Waals surface area contributed by atoms with E-state index in [1.54, 1.807) is 25.1 Å². The lowest BCUT2D eigenvalue weighted by molar-refractivity contribution is -0.136. The summed E-state index contributed by atoms with van der Waals surface area (Å²) in [6.45, 7) is 1.58. The van der Waals surface area contributed by atoms with Crippen molar-refractivity contribution < 1.29 is 13.2 Å². The number of alkyl halides is 3. The Bertz CT molecular complexity index is 544. The summed E-state index contributed by atoms with van der Waals surface area (Å²) >= 11 is 0. The normalized spacial score (nSPS) is 12.0. The fourth-order valence-electron chi connectivity index (χ4n) is 1.77. The third-order valence-corrected chi connectivity index (χ3v) is 2.60. The van der Waals surface area contributed by atoms with Gasteiger partial charge in [-0.25, -0.2) is 0 Å². The highest BCUT2D eigenvalue weighted by Crippen LogP contribution is 2.38. The van der Waals surface area contributed by atoms with E-state index in [9.17, 15) is 13.2 Å². The van der Waals surface area contributed by atoms with E-state index in [1.807, 2.05) is 0 Å². The Balaban J connectivity index is 2.91. The average molecular weight is 225 g/mol. The van der Waals surface area contributed by atoms with Crippen LogP contribution in [-0.2, 0) is 6.18 Å². The second-order valence-electron chi connectivity index (χ2n) is 3.70. The molecular weight excluding hydrogens is 215 g/mol. The molecule has 4 heteroatoms. The number of aryl methyl sites for hydroxylation is 1. The standard InChI is InChI=1S/C12H10F3N/c1-7-6-10(12(13,14)15)8-4-2-3-5-9(8)11(7)16/h2-6H,16H2,1H3. The molecule has 0 heterocycles. The van der Waals surface area contributed by atoms with Crippen molar-refractivity contribution in [3.8, 4) is 0 Å². The highest BCUT2D eigenvalue weighted by Gasteiger charge is 2.33. The van der Waals surface area contributed by atoms with E-state index in [-0.39, 0.29) is 5.39 Å². The van der Waals surface area contributed by atoms with Crippen molar-refractivity contribution in [1.82, 2.24) is 0 Å². The van der Waals surface area contributed by atoms with E-state index < -0.39 is 11.7 Å². The van der Waals surface area contributed by atoms with Gasteiger partial charge in [-0.3, -0.25) is 0 Å². The Labute approximate surface area is 90.7 Å². The molecule has 2 rings (SSSR count). The summed E-state index contributed by atoms with van der Waals surface area (Å²) in [6, 6.07) is 7.39. The Morgan fingerprint density at radius 3 is 2.19 bits per heavy atom. The molecule has 0 atom stereocenters. The van der Waals surface area contributed by atoms with Crippen LogP contribution in [0.2, 0.25) is 0 Å². The van der Waals surface area contributed by atoms with Crippen LogP contribution in [0.1, 0.15) is 11.1 Å². The molecule has 0 aliphatic carbocycles. The fourth-order valence-corrected chi connectivity index (χ4v) is 1.77. The summed E-state index contributed by atoms with van der Waals surface area (Å²) in [4.78, 5) is 0. The third kappa shape index (κ3) is 1.60. The molecule has 0 fully saturated rings. The number of fused-ring (bicyclic) bond motifs is 1. The molecule has 0 radical (unpaired) electrons. The van der Waals surface area contributed by atoms with Gasteiger partial charge in [0, 0.05) is 11.1 Å². The second-order valence-corrected chi connectivity index (χ2v) is 3.70. The van der Waals surface area contributed by atoms with Gasteiger partial charge in [-0.1, -0.05) is 24.3 Å². The van der Waals surface area contributed by atoms with E-state index in [0.717, 1.165) is 6.07 Å². The molecule has 2 aromatic carbocycles. The number of hydrogen-bond donors (Lipinski definition) is 1. The van der Waals surface area contributed by atoms with Gasteiger partial charge in [0.15, 0.2) is 0 Å². The number of benzene rings is 2. The van der Waals surface area contributed by atoms with Gasteiger partial charge in [0.25, 0.3) is 0 Å². The average Bonchev–Trinajstić information content (AvgIpc) is 2.22. The minimum absolute atomic E-state index is 0.151. The first-order valence-electron chi connectivity index (χ1n) is 4.76. The van der Waals surface area contributed by atoms with Crippen LogP contribution in [0, 0.1) is 6.92 Å². The molecule has 0 saturated carbocycles. The molecule has 16 heavy (non-hydrogen) atoms. The molecule has 0 amide bonds. The zero-order valence-electron chi connectivity index (χ0n) is 8.60. The zero-order valence-corrected chi connectivity index (χ0v) is 8.60.